The second-order valence-electron chi connectivity index (χ2n) is 3.74. The zero-order chi connectivity index (χ0) is 12.1. The lowest BCUT2D eigenvalue weighted by Crippen LogP contribution is -2.02. The number of aromatic nitrogens is 2. The van der Waals surface area contributed by atoms with E-state index in [1.807, 2.05) is 12.1 Å². The molecule has 1 heterocycles. The maximum atomic E-state index is 9.41. The third kappa shape index (κ3) is 2.93. The smallest absolute Gasteiger partial charge is 0.161 e. The minimum Gasteiger partial charge on any atom is -0.508 e. The van der Waals surface area contributed by atoms with Gasteiger partial charge in [0, 0.05) is 18.3 Å². The van der Waals surface area contributed by atoms with Crippen LogP contribution in [0.5, 0.6) is 5.75 Å². The lowest BCUT2D eigenvalue weighted by molar-refractivity contribution is 0.475. The van der Waals surface area contributed by atoms with Crippen molar-refractivity contribution in [1.82, 2.24) is 9.97 Å². The molecule has 0 aliphatic carbocycles. The van der Waals surface area contributed by atoms with E-state index in [0.29, 0.717) is 5.82 Å². The van der Waals surface area contributed by atoms with Gasteiger partial charge in [-0.25, -0.2) is 9.97 Å². The van der Waals surface area contributed by atoms with Crippen molar-refractivity contribution in [3.8, 4) is 17.1 Å². The SMILES string of the molecule is CCCNc1ccnc(-c2cccc(O)c2)n1. The van der Waals surface area contributed by atoms with Crippen LogP contribution in [0.2, 0.25) is 0 Å². The summed E-state index contributed by atoms with van der Waals surface area (Å²) in [6.07, 6.45) is 2.76. The van der Waals surface area contributed by atoms with Crippen LogP contribution in [0, 0.1) is 0 Å². The number of aromatic hydroxyl groups is 1. The minimum absolute atomic E-state index is 0.220. The Kier molecular flexibility index (Phi) is 3.55. The summed E-state index contributed by atoms with van der Waals surface area (Å²) in [6, 6.07) is 8.77. The Balaban J connectivity index is 2.26. The molecule has 0 aliphatic heterocycles. The van der Waals surface area contributed by atoms with E-state index >= 15 is 0 Å². The average Bonchev–Trinajstić information content (AvgIpc) is 2.37. The summed E-state index contributed by atoms with van der Waals surface area (Å²) in [5.74, 6) is 1.64. The molecule has 1 aromatic carbocycles. The van der Waals surface area contributed by atoms with E-state index < -0.39 is 0 Å². The molecule has 2 N–H and O–H groups in total. The van der Waals surface area contributed by atoms with Crippen molar-refractivity contribution in [2.75, 3.05) is 11.9 Å². The maximum Gasteiger partial charge on any atom is 0.161 e. The Bertz CT molecular complexity index is 500. The second-order valence-corrected chi connectivity index (χ2v) is 3.74. The number of nitrogens with one attached hydrogen (secondary N) is 1. The van der Waals surface area contributed by atoms with E-state index in [4.69, 9.17) is 0 Å². The lowest BCUT2D eigenvalue weighted by atomic mass is 10.2. The van der Waals surface area contributed by atoms with Gasteiger partial charge in [0.1, 0.15) is 11.6 Å². The summed E-state index contributed by atoms with van der Waals surface area (Å²) in [5.41, 5.74) is 0.810. The lowest BCUT2D eigenvalue weighted by Gasteiger charge is -2.05. The normalized spacial score (nSPS) is 10.2. The molecule has 0 saturated carbocycles. The molecule has 88 valence electrons. The van der Waals surface area contributed by atoms with Gasteiger partial charge in [-0.15, -0.1) is 0 Å². The molecule has 4 nitrogen and oxygen atoms in total. The van der Waals surface area contributed by atoms with Crippen molar-refractivity contribution >= 4 is 5.82 Å². The zero-order valence-corrected chi connectivity index (χ0v) is 9.72. The van der Waals surface area contributed by atoms with Gasteiger partial charge in [-0.3, -0.25) is 0 Å². The summed E-state index contributed by atoms with van der Waals surface area (Å²) in [7, 11) is 0. The molecule has 0 saturated heterocycles. The predicted molar refractivity (Wildman–Crippen MR) is 67.9 cm³/mol. The number of hydrogen-bond donors (Lipinski definition) is 2. The third-order valence-electron chi connectivity index (χ3n) is 2.32. The van der Waals surface area contributed by atoms with Crippen LogP contribution in [0.3, 0.4) is 0 Å². The molecular formula is C13H15N3O. The number of anilines is 1. The summed E-state index contributed by atoms with van der Waals surface area (Å²) < 4.78 is 0. The highest BCUT2D eigenvalue weighted by Gasteiger charge is 2.02. The quantitative estimate of drug-likeness (QED) is 0.846. The molecule has 0 bridgehead atoms. The van der Waals surface area contributed by atoms with Gasteiger partial charge in [0.05, 0.1) is 0 Å². The van der Waals surface area contributed by atoms with E-state index in [1.54, 1.807) is 24.4 Å². The van der Waals surface area contributed by atoms with Crippen LogP contribution in [0.1, 0.15) is 13.3 Å². The molecule has 0 spiro atoms. The van der Waals surface area contributed by atoms with Crippen LogP contribution in [-0.4, -0.2) is 21.6 Å². The number of benzene rings is 1. The molecule has 0 fully saturated rings. The molecular weight excluding hydrogens is 214 g/mol. The van der Waals surface area contributed by atoms with Crippen molar-refractivity contribution in [1.29, 1.82) is 0 Å². The largest absolute Gasteiger partial charge is 0.508 e. The van der Waals surface area contributed by atoms with Gasteiger partial charge in [-0.2, -0.15) is 0 Å². The Hall–Kier alpha value is -2.10. The number of rotatable bonds is 4. The van der Waals surface area contributed by atoms with Crippen molar-refractivity contribution in [2.24, 2.45) is 0 Å². The molecule has 2 aromatic rings. The summed E-state index contributed by atoms with van der Waals surface area (Å²) in [4.78, 5) is 8.58. The van der Waals surface area contributed by atoms with Gasteiger partial charge in [0.2, 0.25) is 0 Å². The number of phenolic OH excluding ortho intramolecular Hbond substituents is 1. The highest BCUT2D eigenvalue weighted by atomic mass is 16.3. The van der Waals surface area contributed by atoms with E-state index in [-0.39, 0.29) is 5.75 Å². The summed E-state index contributed by atoms with van der Waals surface area (Å²) in [6.45, 7) is 2.99. The van der Waals surface area contributed by atoms with Crippen LogP contribution < -0.4 is 5.32 Å². The highest BCUT2D eigenvalue weighted by Crippen LogP contribution is 2.20. The van der Waals surface area contributed by atoms with Crippen molar-refractivity contribution in [2.45, 2.75) is 13.3 Å². The first-order valence-electron chi connectivity index (χ1n) is 5.66. The fourth-order valence-corrected chi connectivity index (χ4v) is 1.49. The van der Waals surface area contributed by atoms with Crippen molar-refractivity contribution in [3.63, 3.8) is 0 Å². The highest BCUT2D eigenvalue weighted by molar-refractivity contribution is 5.58. The monoisotopic (exact) mass is 229 g/mol. The molecule has 17 heavy (non-hydrogen) atoms. The molecule has 0 unspecified atom stereocenters. The van der Waals surface area contributed by atoms with Crippen molar-refractivity contribution < 1.29 is 5.11 Å². The molecule has 0 atom stereocenters. The Labute approximate surface area is 100 Å². The zero-order valence-electron chi connectivity index (χ0n) is 9.72. The first-order chi connectivity index (χ1) is 8.29. The van der Waals surface area contributed by atoms with Gasteiger partial charge in [0.15, 0.2) is 5.82 Å². The second kappa shape index (κ2) is 5.30. The summed E-state index contributed by atoms with van der Waals surface area (Å²) in [5, 5.41) is 12.6. The van der Waals surface area contributed by atoms with E-state index in [9.17, 15) is 5.11 Å². The van der Waals surface area contributed by atoms with E-state index in [1.165, 1.54) is 0 Å². The Morgan fingerprint density at radius 2 is 2.18 bits per heavy atom. The number of nitrogens with zero attached hydrogens (tertiary/aromatic N) is 2. The van der Waals surface area contributed by atoms with E-state index in [2.05, 4.69) is 22.2 Å². The fraction of sp³-hybridized carbons (Fsp3) is 0.231. The first kappa shape index (κ1) is 11.4. The van der Waals surface area contributed by atoms with Gasteiger partial charge in [0.25, 0.3) is 0 Å². The topological polar surface area (TPSA) is 58.0 Å². The molecule has 2 rings (SSSR count). The molecule has 4 heteroatoms. The fourth-order valence-electron chi connectivity index (χ4n) is 1.49. The van der Waals surface area contributed by atoms with Crippen molar-refractivity contribution in [3.05, 3.63) is 36.5 Å². The van der Waals surface area contributed by atoms with Crippen LogP contribution in [0.25, 0.3) is 11.4 Å². The minimum atomic E-state index is 0.220. The van der Waals surface area contributed by atoms with Gasteiger partial charge in [-0.1, -0.05) is 19.1 Å². The van der Waals surface area contributed by atoms with Crippen LogP contribution in [-0.2, 0) is 0 Å². The molecule has 0 aliphatic rings. The van der Waals surface area contributed by atoms with Crippen LogP contribution in [0.15, 0.2) is 36.5 Å². The number of hydrogen-bond acceptors (Lipinski definition) is 4. The van der Waals surface area contributed by atoms with Crippen LogP contribution in [0.4, 0.5) is 5.82 Å². The van der Waals surface area contributed by atoms with Gasteiger partial charge < -0.3 is 10.4 Å². The Morgan fingerprint density at radius 1 is 1.29 bits per heavy atom. The molecule has 0 radical (unpaired) electrons. The van der Waals surface area contributed by atoms with Gasteiger partial charge >= 0.3 is 0 Å². The van der Waals surface area contributed by atoms with Gasteiger partial charge in [-0.05, 0) is 24.6 Å². The predicted octanol–water partition coefficient (Wildman–Crippen LogP) is 2.67. The third-order valence-corrected chi connectivity index (χ3v) is 2.32. The molecule has 1 aromatic heterocycles. The van der Waals surface area contributed by atoms with E-state index in [0.717, 1.165) is 24.3 Å². The Morgan fingerprint density at radius 3 is 2.94 bits per heavy atom. The first-order valence-corrected chi connectivity index (χ1v) is 5.66. The number of phenols is 1. The average molecular weight is 229 g/mol. The standard InChI is InChI=1S/C13H15N3O/c1-2-7-14-12-6-8-15-13(16-12)10-4-3-5-11(17)9-10/h3-6,8-9,17H,2,7H2,1H3,(H,14,15,16). The van der Waals surface area contributed by atoms with Crippen LogP contribution >= 0.6 is 0 Å². The maximum absolute atomic E-state index is 9.41. The molecule has 0 amide bonds. The summed E-state index contributed by atoms with van der Waals surface area (Å²) >= 11 is 0.